The van der Waals surface area contributed by atoms with Gasteiger partial charge in [0.25, 0.3) is 0 Å². The zero-order valence-electron chi connectivity index (χ0n) is 15.0. The largest absolute Gasteiger partial charge is 0.465 e. The van der Waals surface area contributed by atoms with Crippen LogP contribution in [-0.2, 0) is 29.1 Å². The molecule has 0 bridgehead atoms. The van der Waals surface area contributed by atoms with Crippen LogP contribution in [0, 0.1) is 12.3 Å². The van der Waals surface area contributed by atoms with Gasteiger partial charge >= 0.3 is 5.97 Å². The van der Waals surface area contributed by atoms with Crippen LogP contribution in [-0.4, -0.2) is 38.6 Å². The molecule has 0 aliphatic carbocycles. The third-order valence-electron chi connectivity index (χ3n) is 4.17. The molecule has 7 nitrogen and oxygen atoms in total. The van der Waals surface area contributed by atoms with E-state index in [1.807, 2.05) is 0 Å². The summed E-state index contributed by atoms with van der Waals surface area (Å²) in [5.74, 6) is -2.25. The number of carbonyl (C=O) groups excluding carboxylic acids is 3. The number of ketones is 2. The van der Waals surface area contributed by atoms with E-state index in [0.717, 1.165) is 19.4 Å². The van der Waals surface area contributed by atoms with Gasteiger partial charge in [-0.05, 0) is 46.8 Å². The van der Waals surface area contributed by atoms with E-state index in [1.165, 1.54) is 19.1 Å². The molecule has 0 saturated heterocycles. The summed E-state index contributed by atoms with van der Waals surface area (Å²) in [7, 11) is -4.15. The summed E-state index contributed by atoms with van der Waals surface area (Å²) in [4.78, 5) is 36.3. The van der Waals surface area contributed by atoms with Crippen molar-refractivity contribution in [1.29, 1.82) is 0 Å². The number of Topliss-reactive ketones (excluding diaryl/α,β-unsaturated/α-hetero) is 2. The fourth-order valence-electron chi connectivity index (χ4n) is 2.22. The maximum Gasteiger partial charge on any atom is 0.325 e. The van der Waals surface area contributed by atoms with Crippen molar-refractivity contribution in [3.8, 4) is 0 Å². The fraction of sp³-hybridized carbons (Fsp3) is 0.471. The van der Waals surface area contributed by atoms with Gasteiger partial charge in [0.2, 0.25) is 10.0 Å². The Balaban J connectivity index is 3.39. The summed E-state index contributed by atoms with van der Waals surface area (Å²) in [5.41, 5.74) is -1.01. The van der Waals surface area contributed by atoms with Crippen LogP contribution in [0.25, 0.3) is 0 Å². The molecule has 1 atom stereocenters. The first-order chi connectivity index (χ1) is 11.5. The van der Waals surface area contributed by atoms with Crippen LogP contribution in [0.3, 0.4) is 0 Å². The molecule has 0 aromatic heterocycles. The van der Waals surface area contributed by atoms with Gasteiger partial charge in [0.1, 0.15) is 23.0 Å². The number of benzene rings is 1. The van der Waals surface area contributed by atoms with Crippen molar-refractivity contribution in [3.05, 3.63) is 29.8 Å². The molecular weight excluding hydrogens is 346 g/mol. The average molecular weight is 369 g/mol. The van der Waals surface area contributed by atoms with Gasteiger partial charge < -0.3 is 4.74 Å². The van der Waals surface area contributed by atoms with Gasteiger partial charge in [0.05, 0.1) is 11.5 Å². The highest BCUT2D eigenvalue weighted by Crippen LogP contribution is 2.27. The van der Waals surface area contributed by atoms with Gasteiger partial charge in [-0.3, -0.25) is 14.4 Å². The van der Waals surface area contributed by atoms with Gasteiger partial charge in [0.15, 0.2) is 0 Å². The van der Waals surface area contributed by atoms with Gasteiger partial charge in [-0.2, -0.15) is 4.72 Å². The first-order valence-electron chi connectivity index (χ1n) is 7.74. The van der Waals surface area contributed by atoms with Gasteiger partial charge in [-0.15, -0.1) is 0 Å². The molecule has 138 valence electrons. The lowest BCUT2D eigenvalue weighted by molar-refractivity contribution is -0.155. The second-order valence-electron chi connectivity index (χ2n) is 5.93. The lowest BCUT2D eigenvalue weighted by Gasteiger charge is -2.31. The van der Waals surface area contributed by atoms with E-state index < -0.39 is 39.0 Å². The van der Waals surface area contributed by atoms with Crippen LogP contribution in [0.1, 0.15) is 33.3 Å². The number of rotatable bonds is 8. The molecule has 8 heteroatoms. The normalized spacial score (nSPS) is 13.2. The maximum absolute atomic E-state index is 12.6. The highest BCUT2D eigenvalue weighted by molar-refractivity contribution is 7.89. The number of carbonyl (C=O) groups is 3. The minimum atomic E-state index is -4.15. The predicted octanol–water partition coefficient (Wildman–Crippen LogP) is 1.39. The minimum Gasteiger partial charge on any atom is -0.465 e. The van der Waals surface area contributed by atoms with Crippen molar-refractivity contribution in [2.45, 2.75) is 45.6 Å². The monoisotopic (exact) mass is 369 g/mol. The first-order valence-corrected chi connectivity index (χ1v) is 9.22. The van der Waals surface area contributed by atoms with Crippen molar-refractivity contribution >= 4 is 27.6 Å². The van der Waals surface area contributed by atoms with E-state index in [2.05, 4.69) is 4.72 Å². The second kappa shape index (κ2) is 7.88. The standard InChI is InChI=1S/C17H23NO6S/c1-6-24-16(21)15(17(5,12(3)19)13(4)20)18-25(22,23)14-9-7-11(2)8-10-14/h7-10,15,18H,6H2,1-5H3. The lowest BCUT2D eigenvalue weighted by atomic mass is 9.76. The van der Waals surface area contributed by atoms with E-state index in [1.54, 1.807) is 26.0 Å². The van der Waals surface area contributed by atoms with Crippen molar-refractivity contribution in [2.24, 2.45) is 5.41 Å². The number of ether oxygens (including phenoxy) is 1. The van der Waals surface area contributed by atoms with Crippen molar-refractivity contribution < 1.29 is 27.5 Å². The zero-order valence-corrected chi connectivity index (χ0v) is 15.8. The summed E-state index contributed by atoms with van der Waals surface area (Å²) >= 11 is 0. The highest BCUT2D eigenvalue weighted by Gasteiger charge is 2.49. The molecule has 1 unspecified atom stereocenters. The number of aryl methyl sites for hydroxylation is 1. The number of esters is 1. The molecule has 0 fully saturated rings. The topological polar surface area (TPSA) is 107 Å². The fourth-order valence-corrected chi connectivity index (χ4v) is 3.49. The summed E-state index contributed by atoms with van der Waals surface area (Å²) in [6.07, 6.45) is 0. The Hall–Kier alpha value is -2.06. The molecule has 0 heterocycles. The number of hydrogen-bond donors (Lipinski definition) is 1. The summed E-state index contributed by atoms with van der Waals surface area (Å²) in [5, 5.41) is 0. The molecule has 0 aliphatic heterocycles. The van der Waals surface area contributed by atoms with Crippen molar-refractivity contribution in [1.82, 2.24) is 4.72 Å². The molecule has 0 saturated carbocycles. The third-order valence-corrected chi connectivity index (χ3v) is 5.61. The minimum absolute atomic E-state index is 0.0204. The van der Waals surface area contributed by atoms with Crippen molar-refractivity contribution in [3.63, 3.8) is 0 Å². The Morgan fingerprint density at radius 1 is 1.12 bits per heavy atom. The van der Waals surface area contributed by atoms with E-state index in [9.17, 15) is 22.8 Å². The Kier molecular flexibility index (Phi) is 6.61. The first kappa shape index (κ1) is 21.0. The van der Waals surface area contributed by atoms with Crippen LogP contribution in [0.2, 0.25) is 0 Å². The van der Waals surface area contributed by atoms with Crippen LogP contribution in [0.4, 0.5) is 0 Å². The molecule has 0 amide bonds. The quantitative estimate of drug-likeness (QED) is 0.548. The molecule has 25 heavy (non-hydrogen) atoms. The smallest absolute Gasteiger partial charge is 0.325 e. The molecule has 1 N–H and O–H groups in total. The number of sulfonamides is 1. The molecule has 0 radical (unpaired) electrons. The Morgan fingerprint density at radius 2 is 1.60 bits per heavy atom. The van der Waals surface area contributed by atoms with Crippen molar-refractivity contribution in [2.75, 3.05) is 6.61 Å². The highest BCUT2D eigenvalue weighted by atomic mass is 32.2. The van der Waals surface area contributed by atoms with Gasteiger partial charge in [0, 0.05) is 0 Å². The van der Waals surface area contributed by atoms with Crippen LogP contribution in [0.15, 0.2) is 29.2 Å². The van der Waals surface area contributed by atoms with E-state index in [4.69, 9.17) is 4.74 Å². The molecular formula is C17H23NO6S. The van der Waals surface area contributed by atoms with Gasteiger partial charge in [-0.1, -0.05) is 17.7 Å². The number of nitrogens with one attached hydrogen (secondary N) is 1. The summed E-state index contributed by atoms with van der Waals surface area (Å²) in [6.45, 7) is 6.82. The Bertz CT molecular complexity index is 753. The van der Waals surface area contributed by atoms with Gasteiger partial charge in [-0.25, -0.2) is 8.42 Å². The molecule has 0 spiro atoms. The SMILES string of the molecule is CCOC(=O)C(NS(=O)(=O)c1ccc(C)cc1)C(C)(C(C)=O)C(C)=O. The summed E-state index contributed by atoms with van der Waals surface area (Å²) in [6, 6.07) is 4.29. The molecule has 1 aromatic rings. The Labute approximate surface area is 147 Å². The lowest BCUT2D eigenvalue weighted by Crippen LogP contribution is -2.57. The predicted molar refractivity (Wildman–Crippen MR) is 91.4 cm³/mol. The molecule has 1 rings (SSSR count). The summed E-state index contributed by atoms with van der Waals surface area (Å²) < 4.78 is 32.3. The van der Waals surface area contributed by atoms with Crippen LogP contribution in [0.5, 0.6) is 0 Å². The van der Waals surface area contributed by atoms with Crippen LogP contribution < -0.4 is 4.72 Å². The third kappa shape index (κ3) is 4.52. The number of hydrogen-bond acceptors (Lipinski definition) is 6. The van der Waals surface area contributed by atoms with E-state index in [0.29, 0.717) is 0 Å². The second-order valence-corrected chi connectivity index (χ2v) is 7.65. The van der Waals surface area contributed by atoms with E-state index >= 15 is 0 Å². The molecule has 0 aliphatic rings. The molecule has 1 aromatic carbocycles. The Morgan fingerprint density at radius 3 is 2.00 bits per heavy atom. The van der Waals surface area contributed by atoms with E-state index in [-0.39, 0.29) is 11.5 Å². The average Bonchev–Trinajstić information content (AvgIpc) is 2.52. The van der Waals surface area contributed by atoms with Crippen LogP contribution >= 0.6 is 0 Å². The zero-order chi connectivity index (χ0) is 19.4. The maximum atomic E-state index is 12.6.